The molecule has 19 heavy (non-hydrogen) atoms. The summed E-state index contributed by atoms with van der Waals surface area (Å²) in [5.74, 6) is 0.536. The first-order valence-corrected chi connectivity index (χ1v) is 6.13. The Hall–Kier alpha value is -2.10. The van der Waals surface area contributed by atoms with E-state index in [0.717, 1.165) is 22.7 Å². The Labute approximate surface area is 111 Å². The molecule has 0 atom stereocenters. The molecule has 4 heteroatoms. The fourth-order valence-corrected chi connectivity index (χ4v) is 2.30. The van der Waals surface area contributed by atoms with Gasteiger partial charge in [0, 0.05) is 0 Å². The Morgan fingerprint density at radius 1 is 1.26 bits per heavy atom. The quantitative estimate of drug-likeness (QED) is 0.466. The number of hydrogen-bond acceptors (Lipinski definition) is 4. The highest BCUT2D eigenvalue weighted by molar-refractivity contribution is 6.18. The van der Waals surface area contributed by atoms with Crippen LogP contribution in [0.25, 0.3) is 0 Å². The third kappa shape index (κ3) is 2.38. The average molecular weight is 260 g/mol. The number of furan rings is 1. The largest absolute Gasteiger partial charge is 0.466 e. The van der Waals surface area contributed by atoms with Crippen molar-refractivity contribution >= 4 is 11.9 Å². The monoisotopic (exact) mass is 260 g/mol. The standard InChI is InChI=1S/C15H16O4/c1-5-12-13(15(17)19-14(12)16)8(2)6-11-7-9(3)18-10(11)4/h5,7H,6H2,1-4H3/b12-5-,13-8-. The summed E-state index contributed by atoms with van der Waals surface area (Å²) in [4.78, 5) is 23.2. The Bertz CT molecular complexity index is 614. The lowest BCUT2D eigenvalue weighted by Crippen LogP contribution is -2.01. The number of carbonyl (C=O) groups excluding carboxylic acids is 2. The van der Waals surface area contributed by atoms with Crippen molar-refractivity contribution in [2.45, 2.75) is 34.1 Å². The van der Waals surface area contributed by atoms with Crippen molar-refractivity contribution in [2.24, 2.45) is 0 Å². The molecule has 1 aliphatic rings. The molecular formula is C15H16O4. The summed E-state index contributed by atoms with van der Waals surface area (Å²) in [6.45, 7) is 7.31. The Kier molecular flexibility index (Phi) is 3.42. The number of aryl methyl sites for hydroxylation is 2. The summed E-state index contributed by atoms with van der Waals surface area (Å²) in [7, 11) is 0. The van der Waals surface area contributed by atoms with Gasteiger partial charge in [0.05, 0.1) is 11.1 Å². The maximum absolute atomic E-state index is 11.7. The third-order valence-corrected chi connectivity index (χ3v) is 3.19. The van der Waals surface area contributed by atoms with Crippen molar-refractivity contribution in [1.29, 1.82) is 0 Å². The van der Waals surface area contributed by atoms with Gasteiger partial charge in [-0.15, -0.1) is 0 Å². The highest BCUT2D eigenvalue weighted by Crippen LogP contribution is 2.28. The summed E-state index contributed by atoms with van der Waals surface area (Å²) >= 11 is 0. The second-order valence-corrected chi connectivity index (χ2v) is 4.65. The van der Waals surface area contributed by atoms with Gasteiger partial charge in [0.1, 0.15) is 11.5 Å². The molecule has 1 aromatic rings. The van der Waals surface area contributed by atoms with Gasteiger partial charge < -0.3 is 9.15 Å². The van der Waals surface area contributed by atoms with E-state index in [1.807, 2.05) is 26.8 Å². The number of rotatable bonds is 2. The first-order valence-electron chi connectivity index (χ1n) is 6.13. The van der Waals surface area contributed by atoms with Gasteiger partial charge in [-0.2, -0.15) is 0 Å². The average Bonchev–Trinajstić information content (AvgIpc) is 2.78. The van der Waals surface area contributed by atoms with Crippen LogP contribution >= 0.6 is 0 Å². The SMILES string of the molecule is C/C=C1\C(=O)OC(=O)\C1=C(\C)Cc1cc(C)oc1C. The fourth-order valence-electron chi connectivity index (χ4n) is 2.30. The summed E-state index contributed by atoms with van der Waals surface area (Å²) in [6, 6.07) is 1.94. The van der Waals surface area contributed by atoms with Crippen LogP contribution in [0.15, 0.2) is 33.3 Å². The van der Waals surface area contributed by atoms with Crippen molar-refractivity contribution in [3.63, 3.8) is 0 Å². The second-order valence-electron chi connectivity index (χ2n) is 4.65. The molecular weight excluding hydrogens is 244 g/mol. The molecule has 1 fully saturated rings. The van der Waals surface area contributed by atoms with Crippen LogP contribution in [0, 0.1) is 13.8 Å². The molecule has 0 spiro atoms. The molecule has 100 valence electrons. The van der Waals surface area contributed by atoms with E-state index >= 15 is 0 Å². The number of cyclic esters (lactones) is 2. The van der Waals surface area contributed by atoms with Gasteiger partial charge in [0.25, 0.3) is 0 Å². The minimum Gasteiger partial charge on any atom is -0.466 e. The molecule has 0 amide bonds. The number of ether oxygens (including phenoxy) is 1. The van der Waals surface area contributed by atoms with Crippen molar-refractivity contribution in [3.05, 3.63) is 45.9 Å². The van der Waals surface area contributed by atoms with Crippen molar-refractivity contribution in [2.75, 3.05) is 0 Å². The minimum absolute atomic E-state index is 0.348. The van der Waals surface area contributed by atoms with Crippen LogP contribution in [0.1, 0.15) is 30.9 Å². The van der Waals surface area contributed by atoms with E-state index in [0.29, 0.717) is 17.6 Å². The summed E-state index contributed by atoms with van der Waals surface area (Å²) in [6.07, 6.45) is 2.18. The lowest BCUT2D eigenvalue weighted by atomic mass is 9.97. The van der Waals surface area contributed by atoms with Crippen LogP contribution in [0.3, 0.4) is 0 Å². The molecule has 0 bridgehead atoms. The molecule has 0 N–H and O–H groups in total. The van der Waals surface area contributed by atoms with E-state index in [-0.39, 0.29) is 0 Å². The molecule has 2 rings (SSSR count). The van der Waals surface area contributed by atoms with Gasteiger partial charge >= 0.3 is 11.9 Å². The van der Waals surface area contributed by atoms with Crippen LogP contribution in [0.2, 0.25) is 0 Å². The lowest BCUT2D eigenvalue weighted by molar-refractivity contribution is -0.149. The van der Waals surface area contributed by atoms with Crippen LogP contribution < -0.4 is 0 Å². The van der Waals surface area contributed by atoms with E-state index in [1.165, 1.54) is 0 Å². The predicted molar refractivity (Wildman–Crippen MR) is 69.4 cm³/mol. The van der Waals surface area contributed by atoms with Crippen LogP contribution in [-0.2, 0) is 20.7 Å². The number of carbonyl (C=O) groups is 2. The van der Waals surface area contributed by atoms with E-state index in [9.17, 15) is 9.59 Å². The molecule has 0 saturated carbocycles. The molecule has 0 aliphatic carbocycles. The molecule has 1 saturated heterocycles. The maximum Gasteiger partial charge on any atom is 0.346 e. The first kappa shape index (κ1) is 13.3. The van der Waals surface area contributed by atoms with Gasteiger partial charge in [-0.1, -0.05) is 11.6 Å². The molecule has 1 aliphatic heterocycles. The Morgan fingerprint density at radius 2 is 1.95 bits per heavy atom. The van der Waals surface area contributed by atoms with Crippen LogP contribution in [-0.4, -0.2) is 11.9 Å². The molecule has 0 radical (unpaired) electrons. The number of esters is 2. The van der Waals surface area contributed by atoms with Crippen molar-refractivity contribution in [3.8, 4) is 0 Å². The summed E-state index contributed by atoms with van der Waals surface area (Å²) in [5, 5.41) is 0. The zero-order valence-electron chi connectivity index (χ0n) is 11.5. The molecule has 1 aromatic heterocycles. The van der Waals surface area contributed by atoms with Gasteiger partial charge in [0.15, 0.2) is 0 Å². The van der Waals surface area contributed by atoms with E-state index < -0.39 is 11.9 Å². The number of hydrogen-bond donors (Lipinski definition) is 0. The normalized spacial score (nSPS) is 20.1. The van der Waals surface area contributed by atoms with Crippen molar-refractivity contribution < 1.29 is 18.7 Å². The molecule has 4 nitrogen and oxygen atoms in total. The summed E-state index contributed by atoms with van der Waals surface area (Å²) < 4.78 is 10.1. The maximum atomic E-state index is 11.7. The van der Waals surface area contributed by atoms with Gasteiger partial charge in [-0.25, -0.2) is 9.59 Å². The molecule has 0 unspecified atom stereocenters. The lowest BCUT2D eigenvalue weighted by Gasteiger charge is -2.03. The van der Waals surface area contributed by atoms with Gasteiger partial charge in [0.2, 0.25) is 0 Å². The highest BCUT2D eigenvalue weighted by Gasteiger charge is 2.34. The number of allylic oxidation sites excluding steroid dienone is 2. The first-order chi connectivity index (χ1) is 8.93. The van der Waals surface area contributed by atoms with E-state index in [4.69, 9.17) is 4.42 Å². The smallest absolute Gasteiger partial charge is 0.346 e. The highest BCUT2D eigenvalue weighted by atomic mass is 16.6. The Balaban J connectivity index is 2.39. The van der Waals surface area contributed by atoms with Gasteiger partial charge in [-0.05, 0) is 45.7 Å². The van der Waals surface area contributed by atoms with E-state index in [1.54, 1.807) is 13.0 Å². The second kappa shape index (κ2) is 4.88. The van der Waals surface area contributed by atoms with Crippen molar-refractivity contribution in [1.82, 2.24) is 0 Å². The summed E-state index contributed by atoms with van der Waals surface area (Å²) in [5.41, 5.74) is 2.56. The van der Waals surface area contributed by atoms with E-state index in [2.05, 4.69) is 4.74 Å². The topological polar surface area (TPSA) is 56.5 Å². The van der Waals surface area contributed by atoms with Crippen LogP contribution in [0.4, 0.5) is 0 Å². The van der Waals surface area contributed by atoms with Gasteiger partial charge in [-0.3, -0.25) is 0 Å². The zero-order chi connectivity index (χ0) is 14.2. The van der Waals surface area contributed by atoms with Crippen LogP contribution in [0.5, 0.6) is 0 Å². The predicted octanol–water partition coefficient (Wildman–Crippen LogP) is 2.79. The minimum atomic E-state index is -0.568. The fraction of sp³-hybridized carbons (Fsp3) is 0.333. The third-order valence-electron chi connectivity index (χ3n) is 3.19. The zero-order valence-corrected chi connectivity index (χ0v) is 11.5. The Morgan fingerprint density at radius 3 is 2.47 bits per heavy atom. The molecule has 2 heterocycles. The molecule has 0 aromatic carbocycles.